The Kier molecular flexibility index (Phi) is 12.6. The van der Waals surface area contributed by atoms with Crippen LogP contribution in [0.4, 0.5) is 0 Å². The zero-order valence-corrected chi connectivity index (χ0v) is 14.7. The van der Waals surface area contributed by atoms with Crippen LogP contribution in [0.25, 0.3) is 0 Å². The minimum atomic E-state index is -3.81. The lowest BCUT2D eigenvalue weighted by atomic mass is 10.3. The molecule has 0 aliphatic heterocycles. The van der Waals surface area contributed by atoms with Crippen molar-refractivity contribution in [3.05, 3.63) is 12.7 Å². The summed E-state index contributed by atoms with van der Waals surface area (Å²) in [5.41, 5.74) is 0. The van der Waals surface area contributed by atoms with Gasteiger partial charge < -0.3 is 10.6 Å². The standard InChI is InChI=1S/C14H27N2O6P/c1-4-7-8-15-14(18)13(16-12-17)11-22-23(19,20-9-5-2)21-10-6-3/h5,12-13H,2,4,6-11H2,1,3H3,(H,15,18)(H,16,17). The molecule has 9 heteroatoms. The second kappa shape index (κ2) is 13.2. The van der Waals surface area contributed by atoms with Gasteiger partial charge in [0.25, 0.3) is 0 Å². The van der Waals surface area contributed by atoms with Crippen molar-refractivity contribution in [2.24, 2.45) is 0 Å². The zero-order valence-electron chi connectivity index (χ0n) is 13.8. The first-order valence-electron chi connectivity index (χ1n) is 7.64. The number of nitrogens with one attached hydrogen (secondary N) is 2. The molecule has 0 aromatic rings. The molecule has 0 rings (SSSR count). The van der Waals surface area contributed by atoms with Crippen LogP contribution >= 0.6 is 7.82 Å². The molecule has 23 heavy (non-hydrogen) atoms. The van der Waals surface area contributed by atoms with Crippen LogP contribution in [-0.2, 0) is 27.7 Å². The molecule has 0 radical (unpaired) electrons. The molecule has 2 amide bonds. The van der Waals surface area contributed by atoms with Gasteiger partial charge in [-0.05, 0) is 12.8 Å². The van der Waals surface area contributed by atoms with E-state index in [9.17, 15) is 14.2 Å². The van der Waals surface area contributed by atoms with Gasteiger partial charge in [0.05, 0.1) is 19.8 Å². The van der Waals surface area contributed by atoms with E-state index in [-0.39, 0.29) is 19.8 Å². The van der Waals surface area contributed by atoms with Crippen LogP contribution in [0.1, 0.15) is 33.1 Å². The summed E-state index contributed by atoms with van der Waals surface area (Å²) in [5, 5.41) is 4.99. The molecule has 134 valence electrons. The fraction of sp³-hybridized carbons (Fsp3) is 0.714. The van der Waals surface area contributed by atoms with Crippen molar-refractivity contribution < 1.29 is 27.7 Å². The highest BCUT2D eigenvalue weighted by Gasteiger charge is 2.29. The summed E-state index contributed by atoms with van der Waals surface area (Å²) >= 11 is 0. The van der Waals surface area contributed by atoms with Gasteiger partial charge in [-0.3, -0.25) is 23.2 Å². The van der Waals surface area contributed by atoms with E-state index in [1.165, 1.54) is 6.08 Å². The Bertz CT molecular complexity index is 405. The van der Waals surface area contributed by atoms with Crippen LogP contribution in [0.3, 0.4) is 0 Å². The third kappa shape index (κ3) is 10.2. The molecule has 0 heterocycles. The molecule has 0 saturated heterocycles. The molecule has 0 aromatic carbocycles. The second-order valence-corrected chi connectivity index (χ2v) is 6.31. The van der Waals surface area contributed by atoms with Crippen molar-refractivity contribution in [1.29, 1.82) is 0 Å². The van der Waals surface area contributed by atoms with Crippen molar-refractivity contribution in [2.75, 3.05) is 26.4 Å². The van der Waals surface area contributed by atoms with Crippen molar-refractivity contribution in [3.63, 3.8) is 0 Å². The molecule has 0 fully saturated rings. The summed E-state index contributed by atoms with van der Waals surface area (Å²) in [7, 11) is -3.81. The number of phosphoric acid groups is 1. The fourth-order valence-electron chi connectivity index (χ4n) is 1.42. The Balaban J connectivity index is 4.62. The predicted octanol–water partition coefficient (Wildman–Crippen LogP) is 1.77. The van der Waals surface area contributed by atoms with E-state index in [4.69, 9.17) is 13.6 Å². The molecular formula is C14H27N2O6P. The van der Waals surface area contributed by atoms with Crippen molar-refractivity contribution in [2.45, 2.75) is 39.2 Å². The van der Waals surface area contributed by atoms with Gasteiger partial charge in [0.1, 0.15) is 6.04 Å². The number of hydrogen-bond acceptors (Lipinski definition) is 6. The highest BCUT2D eigenvalue weighted by molar-refractivity contribution is 7.48. The van der Waals surface area contributed by atoms with Gasteiger partial charge in [0, 0.05) is 6.54 Å². The summed E-state index contributed by atoms with van der Waals surface area (Å²) in [6, 6.07) is -0.977. The topological polar surface area (TPSA) is 103 Å². The fourth-order valence-corrected chi connectivity index (χ4v) is 2.67. The summed E-state index contributed by atoms with van der Waals surface area (Å²) in [6.45, 7) is 7.63. The van der Waals surface area contributed by atoms with Crippen LogP contribution in [0.15, 0.2) is 12.7 Å². The number of rotatable bonds is 15. The highest BCUT2D eigenvalue weighted by atomic mass is 31.2. The lowest BCUT2D eigenvalue weighted by Gasteiger charge is -2.20. The first-order chi connectivity index (χ1) is 11.0. The lowest BCUT2D eigenvalue weighted by Crippen LogP contribution is -2.46. The predicted molar refractivity (Wildman–Crippen MR) is 86.9 cm³/mol. The molecule has 8 nitrogen and oxygen atoms in total. The third-order valence-electron chi connectivity index (χ3n) is 2.62. The van der Waals surface area contributed by atoms with Crippen LogP contribution in [0, 0.1) is 0 Å². The number of amides is 2. The number of unbranched alkanes of at least 4 members (excludes halogenated alkanes) is 1. The quantitative estimate of drug-likeness (QED) is 0.202. The van der Waals surface area contributed by atoms with Gasteiger partial charge in [0.2, 0.25) is 12.3 Å². The van der Waals surface area contributed by atoms with Crippen LogP contribution in [0.5, 0.6) is 0 Å². The molecule has 0 bridgehead atoms. The van der Waals surface area contributed by atoms with Gasteiger partial charge in [-0.1, -0.05) is 26.3 Å². The monoisotopic (exact) mass is 350 g/mol. The first-order valence-corrected chi connectivity index (χ1v) is 9.11. The van der Waals surface area contributed by atoms with E-state index in [1.807, 2.05) is 13.8 Å². The first kappa shape index (κ1) is 21.8. The molecule has 0 saturated carbocycles. The Labute approximate surface area is 137 Å². The van der Waals surface area contributed by atoms with Crippen LogP contribution in [-0.4, -0.2) is 44.7 Å². The number of carbonyl (C=O) groups excluding carboxylic acids is 2. The Morgan fingerprint density at radius 2 is 2.00 bits per heavy atom. The maximum absolute atomic E-state index is 12.4. The van der Waals surface area contributed by atoms with Gasteiger partial charge in [0.15, 0.2) is 0 Å². The molecule has 0 aliphatic rings. The minimum Gasteiger partial charge on any atom is -0.354 e. The molecule has 2 N–H and O–H groups in total. The van der Waals surface area contributed by atoms with Gasteiger partial charge >= 0.3 is 7.82 Å². The Morgan fingerprint density at radius 1 is 1.26 bits per heavy atom. The normalized spacial score (nSPS) is 14.5. The van der Waals surface area contributed by atoms with E-state index in [1.54, 1.807) is 0 Å². The molecule has 2 atom stereocenters. The molecule has 0 aliphatic carbocycles. The summed E-state index contributed by atoms with van der Waals surface area (Å²) in [6.07, 6.45) is 4.16. The molecule has 0 spiro atoms. The minimum absolute atomic E-state index is 0.0184. The summed E-state index contributed by atoms with van der Waals surface area (Å²) in [4.78, 5) is 22.6. The molecule has 2 unspecified atom stereocenters. The van der Waals surface area contributed by atoms with Gasteiger partial charge in [-0.25, -0.2) is 4.57 Å². The third-order valence-corrected chi connectivity index (χ3v) is 4.05. The van der Waals surface area contributed by atoms with Crippen molar-refractivity contribution in [3.8, 4) is 0 Å². The van der Waals surface area contributed by atoms with Gasteiger partial charge in [-0.15, -0.1) is 6.58 Å². The zero-order chi connectivity index (χ0) is 17.6. The van der Waals surface area contributed by atoms with E-state index in [2.05, 4.69) is 17.2 Å². The average Bonchev–Trinajstić information content (AvgIpc) is 2.55. The summed E-state index contributed by atoms with van der Waals surface area (Å²) in [5.74, 6) is -0.420. The number of carbonyl (C=O) groups is 2. The van der Waals surface area contributed by atoms with E-state index >= 15 is 0 Å². The Hall–Kier alpha value is -1.21. The lowest BCUT2D eigenvalue weighted by molar-refractivity contribution is -0.126. The maximum atomic E-state index is 12.4. The van der Waals surface area contributed by atoms with E-state index in [0.29, 0.717) is 19.4 Å². The van der Waals surface area contributed by atoms with E-state index in [0.717, 1.165) is 12.8 Å². The smallest absolute Gasteiger partial charge is 0.354 e. The highest BCUT2D eigenvalue weighted by Crippen LogP contribution is 2.49. The number of hydrogen-bond donors (Lipinski definition) is 2. The SMILES string of the molecule is C=CCOP(=O)(OCCC)OCC(NC=O)C(=O)NCCCC. The molecule has 0 aromatic heterocycles. The number of phosphoric ester groups is 1. The maximum Gasteiger partial charge on any atom is 0.475 e. The van der Waals surface area contributed by atoms with Gasteiger partial charge in [-0.2, -0.15) is 0 Å². The average molecular weight is 350 g/mol. The van der Waals surface area contributed by atoms with Crippen LogP contribution < -0.4 is 10.6 Å². The van der Waals surface area contributed by atoms with Crippen LogP contribution in [0.2, 0.25) is 0 Å². The second-order valence-electron chi connectivity index (χ2n) is 4.64. The largest absolute Gasteiger partial charge is 0.475 e. The van der Waals surface area contributed by atoms with E-state index < -0.39 is 19.8 Å². The van der Waals surface area contributed by atoms with Crippen molar-refractivity contribution >= 4 is 20.1 Å². The summed E-state index contributed by atoms with van der Waals surface area (Å²) < 4.78 is 27.7. The van der Waals surface area contributed by atoms with Crippen molar-refractivity contribution in [1.82, 2.24) is 10.6 Å². The molecular weight excluding hydrogens is 323 g/mol. The Morgan fingerprint density at radius 3 is 2.57 bits per heavy atom.